The molecule has 1 aliphatic rings. The fourth-order valence-corrected chi connectivity index (χ4v) is 2.12. The van der Waals surface area contributed by atoms with E-state index in [2.05, 4.69) is 23.3 Å². The Bertz CT molecular complexity index is 333. The van der Waals surface area contributed by atoms with Crippen molar-refractivity contribution in [2.45, 2.75) is 45.6 Å². The van der Waals surface area contributed by atoms with E-state index in [0.717, 1.165) is 37.9 Å². The zero-order valence-electron chi connectivity index (χ0n) is 11.3. The van der Waals surface area contributed by atoms with Crippen molar-refractivity contribution < 1.29 is 4.74 Å². The maximum Gasteiger partial charge on any atom is 0.213 e. The van der Waals surface area contributed by atoms with Crippen molar-refractivity contribution in [2.75, 3.05) is 13.2 Å². The number of hydrogen-bond donors (Lipinski definition) is 1. The lowest BCUT2D eigenvalue weighted by Crippen LogP contribution is -2.15. The fourth-order valence-electron chi connectivity index (χ4n) is 2.12. The van der Waals surface area contributed by atoms with E-state index in [1.807, 2.05) is 12.3 Å². The first kappa shape index (κ1) is 13.3. The third-order valence-corrected chi connectivity index (χ3v) is 3.55. The Morgan fingerprint density at radius 3 is 2.89 bits per heavy atom. The van der Waals surface area contributed by atoms with Gasteiger partial charge in [0.25, 0.3) is 0 Å². The summed E-state index contributed by atoms with van der Waals surface area (Å²) in [5, 5.41) is 3.36. The van der Waals surface area contributed by atoms with Crippen LogP contribution in [0.5, 0.6) is 5.88 Å². The van der Waals surface area contributed by atoms with Crippen molar-refractivity contribution in [1.82, 2.24) is 10.3 Å². The Kier molecular flexibility index (Phi) is 5.46. The minimum absolute atomic E-state index is 0.758. The molecular formula is C15H24N2O. The van der Waals surface area contributed by atoms with Crippen molar-refractivity contribution in [1.29, 1.82) is 0 Å². The summed E-state index contributed by atoms with van der Waals surface area (Å²) in [6, 6.07) is 4.07. The lowest BCUT2D eigenvalue weighted by atomic mass is 9.83. The van der Waals surface area contributed by atoms with Crippen molar-refractivity contribution in [3.63, 3.8) is 0 Å². The van der Waals surface area contributed by atoms with Crippen LogP contribution in [-0.2, 0) is 6.54 Å². The van der Waals surface area contributed by atoms with Gasteiger partial charge in [0.2, 0.25) is 5.88 Å². The first-order valence-corrected chi connectivity index (χ1v) is 7.17. The first-order chi connectivity index (χ1) is 8.88. The molecule has 1 aromatic heterocycles. The number of pyridine rings is 1. The lowest BCUT2D eigenvalue weighted by Gasteiger charge is -2.24. The molecule has 0 spiro atoms. The summed E-state index contributed by atoms with van der Waals surface area (Å²) < 4.78 is 5.66. The van der Waals surface area contributed by atoms with Crippen molar-refractivity contribution in [3.05, 3.63) is 23.9 Å². The number of ether oxygens (including phenoxy) is 1. The van der Waals surface area contributed by atoms with Crippen LogP contribution in [0.3, 0.4) is 0 Å². The first-order valence-electron chi connectivity index (χ1n) is 7.17. The van der Waals surface area contributed by atoms with E-state index in [-0.39, 0.29) is 0 Å². The van der Waals surface area contributed by atoms with Gasteiger partial charge in [0.15, 0.2) is 0 Å². The summed E-state index contributed by atoms with van der Waals surface area (Å²) in [6.45, 7) is 4.93. The molecule has 1 heterocycles. The van der Waals surface area contributed by atoms with Crippen LogP contribution < -0.4 is 10.1 Å². The Hall–Kier alpha value is -1.09. The topological polar surface area (TPSA) is 34.1 Å². The second-order valence-corrected chi connectivity index (χ2v) is 5.12. The van der Waals surface area contributed by atoms with Crippen LogP contribution in [0, 0.1) is 5.92 Å². The second-order valence-electron chi connectivity index (χ2n) is 5.12. The minimum atomic E-state index is 0.758. The van der Waals surface area contributed by atoms with Gasteiger partial charge < -0.3 is 10.1 Å². The van der Waals surface area contributed by atoms with E-state index in [0.29, 0.717) is 0 Å². The number of rotatable bonds is 8. The van der Waals surface area contributed by atoms with Gasteiger partial charge in [-0.1, -0.05) is 32.3 Å². The van der Waals surface area contributed by atoms with Gasteiger partial charge in [-0.2, -0.15) is 0 Å². The monoisotopic (exact) mass is 248 g/mol. The van der Waals surface area contributed by atoms with Gasteiger partial charge in [0.05, 0.1) is 6.61 Å². The summed E-state index contributed by atoms with van der Waals surface area (Å²) in [4.78, 5) is 4.34. The molecular weight excluding hydrogens is 224 g/mol. The van der Waals surface area contributed by atoms with Gasteiger partial charge >= 0.3 is 0 Å². The van der Waals surface area contributed by atoms with Crippen LogP contribution >= 0.6 is 0 Å². The molecule has 0 atom stereocenters. The highest BCUT2D eigenvalue weighted by molar-refractivity contribution is 5.17. The van der Waals surface area contributed by atoms with Crippen LogP contribution in [0.15, 0.2) is 18.3 Å². The van der Waals surface area contributed by atoms with Crippen molar-refractivity contribution >= 4 is 0 Å². The van der Waals surface area contributed by atoms with E-state index in [1.54, 1.807) is 0 Å². The Morgan fingerprint density at radius 2 is 2.28 bits per heavy atom. The molecule has 1 aromatic rings. The van der Waals surface area contributed by atoms with Crippen LogP contribution in [0.1, 0.15) is 44.6 Å². The number of nitrogens with zero attached hydrogens (tertiary/aromatic N) is 1. The van der Waals surface area contributed by atoms with Gasteiger partial charge in [-0.3, -0.25) is 0 Å². The van der Waals surface area contributed by atoms with Gasteiger partial charge in [-0.15, -0.1) is 0 Å². The van der Waals surface area contributed by atoms with Crippen LogP contribution in [-0.4, -0.2) is 18.1 Å². The van der Waals surface area contributed by atoms with E-state index in [9.17, 15) is 0 Å². The molecule has 1 fully saturated rings. The molecule has 3 heteroatoms. The van der Waals surface area contributed by atoms with Crippen LogP contribution in [0.2, 0.25) is 0 Å². The highest BCUT2D eigenvalue weighted by Crippen LogP contribution is 2.29. The molecule has 1 saturated carbocycles. The molecule has 1 aliphatic carbocycles. The largest absolute Gasteiger partial charge is 0.478 e. The average molecular weight is 248 g/mol. The quantitative estimate of drug-likeness (QED) is 0.718. The highest BCUT2D eigenvalue weighted by atomic mass is 16.5. The molecule has 2 rings (SSSR count). The second kappa shape index (κ2) is 7.37. The van der Waals surface area contributed by atoms with Crippen molar-refractivity contribution in [2.24, 2.45) is 5.92 Å². The Labute approximate surface area is 110 Å². The molecule has 0 bridgehead atoms. The summed E-state index contributed by atoms with van der Waals surface area (Å²) in [6.07, 6.45) is 8.43. The van der Waals surface area contributed by atoms with Crippen molar-refractivity contribution in [3.8, 4) is 5.88 Å². The molecule has 1 N–H and O–H groups in total. The Morgan fingerprint density at radius 1 is 1.39 bits per heavy atom. The van der Waals surface area contributed by atoms with Gasteiger partial charge in [0, 0.05) is 18.8 Å². The molecule has 0 radical (unpaired) electrons. The predicted octanol–water partition coefficient (Wildman–Crippen LogP) is 3.15. The SMILES string of the molecule is CCCNCc1ccc(OCCC2CCC2)nc1. The zero-order chi connectivity index (χ0) is 12.6. The molecule has 0 saturated heterocycles. The molecule has 0 aromatic carbocycles. The normalized spacial score (nSPS) is 15.4. The maximum absolute atomic E-state index is 5.66. The molecule has 100 valence electrons. The number of nitrogens with one attached hydrogen (secondary N) is 1. The number of hydrogen-bond acceptors (Lipinski definition) is 3. The number of aromatic nitrogens is 1. The maximum atomic E-state index is 5.66. The zero-order valence-corrected chi connectivity index (χ0v) is 11.3. The smallest absolute Gasteiger partial charge is 0.213 e. The average Bonchev–Trinajstić information content (AvgIpc) is 2.34. The summed E-state index contributed by atoms with van der Waals surface area (Å²) in [5.74, 6) is 1.66. The summed E-state index contributed by atoms with van der Waals surface area (Å²) in [7, 11) is 0. The lowest BCUT2D eigenvalue weighted by molar-refractivity contribution is 0.217. The molecule has 0 unspecified atom stereocenters. The molecule has 3 nitrogen and oxygen atoms in total. The van der Waals surface area contributed by atoms with Gasteiger partial charge in [0.1, 0.15) is 0 Å². The molecule has 18 heavy (non-hydrogen) atoms. The molecule has 0 aliphatic heterocycles. The van der Waals surface area contributed by atoms with Crippen LogP contribution in [0.25, 0.3) is 0 Å². The third-order valence-electron chi connectivity index (χ3n) is 3.55. The summed E-state index contributed by atoms with van der Waals surface area (Å²) in [5.41, 5.74) is 1.22. The van der Waals surface area contributed by atoms with E-state index < -0.39 is 0 Å². The minimum Gasteiger partial charge on any atom is -0.478 e. The highest BCUT2D eigenvalue weighted by Gasteiger charge is 2.16. The molecule has 0 amide bonds. The van der Waals surface area contributed by atoms with Gasteiger partial charge in [-0.25, -0.2) is 4.98 Å². The third kappa shape index (κ3) is 4.30. The Balaban J connectivity index is 1.66. The van der Waals surface area contributed by atoms with Crippen LogP contribution in [0.4, 0.5) is 0 Å². The van der Waals surface area contributed by atoms with E-state index in [4.69, 9.17) is 4.74 Å². The summed E-state index contributed by atoms with van der Waals surface area (Å²) >= 11 is 0. The van der Waals surface area contributed by atoms with E-state index >= 15 is 0 Å². The fraction of sp³-hybridized carbons (Fsp3) is 0.667. The predicted molar refractivity (Wildman–Crippen MR) is 73.7 cm³/mol. The van der Waals surface area contributed by atoms with Gasteiger partial charge in [-0.05, 0) is 30.9 Å². The van der Waals surface area contributed by atoms with E-state index in [1.165, 1.54) is 31.2 Å². The standard InChI is InChI=1S/C15H24N2O/c1-2-9-16-11-14-6-7-15(17-12-14)18-10-8-13-4-3-5-13/h6-7,12-13,16H,2-5,8-11H2,1H3.